The summed E-state index contributed by atoms with van der Waals surface area (Å²) >= 11 is 0. The third-order valence-corrected chi connectivity index (χ3v) is 3.10. The summed E-state index contributed by atoms with van der Waals surface area (Å²) in [7, 11) is 1.57. The SMILES string of the molecule is COc1ccc(C#N)cc1OCCOc1cc(C)cc(C)c1. The number of nitriles is 1. The molecule has 4 nitrogen and oxygen atoms in total. The monoisotopic (exact) mass is 297 g/mol. The summed E-state index contributed by atoms with van der Waals surface area (Å²) in [6, 6.07) is 13.2. The van der Waals surface area contributed by atoms with E-state index in [2.05, 4.69) is 12.1 Å². The highest BCUT2D eigenvalue weighted by Gasteiger charge is 2.06. The lowest BCUT2D eigenvalue weighted by atomic mass is 10.1. The molecule has 4 heteroatoms. The van der Waals surface area contributed by atoms with E-state index in [9.17, 15) is 0 Å². The number of ether oxygens (including phenoxy) is 3. The zero-order valence-electron chi connectivity index (χ0n) is 13.1. The van der Waals surface area contributed by atoms with Crippen LogP contribution in [-0.4, -0.2) is 20.3 Å². The number of hydrogen-bond donors (Lipinski definition) is 0. The lowest BCUT2D eigenvalue weighted by molar-refractivity contribution is 0.211. The van der Waals surface area contributed by atoms with Gasteiger partial charge in [0, 0.05) is 6.07 Å². The number of benzene rings is 2. The Morgan fingerprint density at radius 3 is 2.23 bits per heavy atom. The van der Waals surface area contributed by atoms with E-state index in [1.54, 1.807) is 25.3 Å². The molecule has 0 amide bonds. The highest BCUT2D eigenvalue weighted by molar-refractivity contribution is 5.46. The van der Waals surface area contributed by atoms with Crippen LogP contribution in [0.2, 0.25) is 0 Å². The molecule has 0 aliphatic rings. The molecule has 0 heterocycles. The molecule has 0 saturated heterocycles. The van der Waals surface area contributed by atoms with E-state index < -0.39 is 0 Å². The van der Waals surface area contributed by atoms with Gasteiger partial charge in [0.1, 0.15) is 19.0 Å². The molecule has 0 unspecified atom stereocenters. The van der Waals surface area contributed by atoms with E-state index in [-0.39, 0.29) is 0 Å². The summed E-state index contributed by atoms with van der Waals surface area (Å²) in [6.45, 7) is 4.87. The minimum absolute atomic E-state index is 0.373. The Bertz CT molecular complexity index is 669. The Labute approximate surface area is 130 Å². The average molecular weight is 297 g/mol. The van der Waals surface area contributed by atoms with E-state index in [0.717, 1.165) is 5.75 Å². The van der Waals surface area contributed by atoms with Crippen LogP contribution in [0.3, 0.4) is 0 Å². The van der Waals surface area contributed by atoms with E-state index in [1.807, 2.05) is 26.0 Å². The molecule has 0 N–H and O–H groups in total. The Hall–Kier alpha value is -2.67. The molecule has 2 rings (SSSR count). The molecule has 2 aromatic rings. The number of rotatable bonds is 6. The molecule has 114 valence electrons. The van der Waals surface area contributed by atoms with Gasteiger partial charge in [-0.25, -0.2) is 0 Å². The molecule has 0 spiro atoms. The number of hydrogen-bond acceptors (Lipinski definition) is 4. The van der Waals surface area contributed by atoms with Gasteiger partial charge in [-0.3, -0.25) is 0 Å². The molecule has 0 radical (unpaired) electrons. The third-order valence-electron chi connectivity index (χ3n) is 3.10. The van der Waals surface area contributed by atoms with Gasteiger partial charge in [-0.05, 0) is 49.2 Å². The molecule has 0 saturated carbocycles. The zero-order valence-corrected chi connectivity index (χ0v) is 13.1. The first kappa shape index (κ1) is 15.7. The number of nitrogens with zero attached hydrogens (tertiary/aromatic N) is 1. The third kappa shape index (κ3) is 4.16. The van der Waals surface area contributed by atoms with Gasteiger partial charge < -0.3 is 14.2 Å². The minimum atomic E-state index is 0.373. The van der Waals surface area contributed by atoms with E-state index >= 15 is 0 Å². The molecule has 22 heavy (non-hydrogen) atoms. The summed E-state index contributed by atoms with van der Waals surface area (Å²) in [5.41, 5.74) is 2.87. The topological polar surface area (TPSA) is 51.5 Å². The maximum atomic E-state index is 8.93. The Morgan fingerprint density at radius 1 is 0.909 bits per heavy atom. The molecular formula is C18H19NO3. The second kappa shape index (κ2) is 7.37. The Morgan fingerprint density at radius 2 is 1.59 bits per heavy atom. The first-order valence-electron chi connectivity index (χ1n) is 7.04. The maximum Gasteiger partial charge on any atom is 0.162 e. The zero-order chi connectivity index (χ0) is 15.9. The van der Waals surface area contributed by atoms with Crippen LogP contribution < -0.4 is 14.2 Å². The van der Waals surface area contributed by atoms with Crippen molar-refractivity contribution < 1.29 is 14.2 Å². The van der Waals surface area contributed by atoms with E-state index in [1.165, 1.54) is 11.1 Å². The maximum absolute atomic E-state index is 8.93. The molecular weight excluding hydrogens is 278 g/mol. The summed E-state index contributed by atoms with van der Waals surface area (Å²) in [5.74, 6) is 1.98. The molecule has 0 aliphatic heterocycles. The van der Waals surface area contributed by atoms with Crippen molar-refractivity contribution in [2.45, 2.75) is 13.8 Å². The normalized spacial score (nSPS) is 9.91. The van der Waals surface area contributed by atoms with Gasteiger partial charge in [0.15, 0.2) is 11.5 Å². The molecule has 0 atom stereocenters. The molecule has 0 aliphatic carbocycles. The molecule has 0 aromatic heterocycles. The van der Waals surface area contributed by atoms with Crippen molar-refractivity contribution in [2.75, 3.05) is 20.3 Å². The summed E-state index contributed by atoms with van der Waals surface area (Å²) in [4.78, 5) is 0. The van der Waals surface area contributed by atoms with Gasteiger partial charge in [-0.2, -0.15) is 5.26 Å². The van der Waals surface area contributed by atoms with Crippen molar-refractivity contribution >= 4 is 0 Å². The quantitative estimate of drug-likeness (QED) is 0.764. The fourth-order valence-electron chi connectivity index (χ4n) is 2.19. The van der Waals surface area contributed by atoms with Gasteiger partial charge in [-0.1, -0.05) is 6.07 Å². The Kier molecular flexibility index (Phi) is 5.26. The fraction of sp³-hybridized carbons (Fsp3) is 0.278. The van der Waals surface area contributed by atoms with Gasteiger partial charge in [0.05, 0.1) is 18.7 Å². The second-order valence-electron chi connectivity index (χ2n) is 5.00. The van der Waals surface area contributed by atoms with Crippen LogP contribution in [0.4, 0.5) is 0 Å². The first-order valence-corrected chi connectivity index (χ1v) is 7.04. The molecule has 2 aromatic carbocycles. The average Bonchev–Trinajstić information content (AvgIpc) is 2.50. The van der Waals surface area contributed by atoms with E-state index in [0.29, 0.717) is 30.3 Å². The first-order chi connectivity index (χ1) is 10.6. The van der Waals surface area contributed by atoms with Crippen LogP contribution in [0.15, 0.2) is 36.4 Å². The molecule has 0 bridgehead atoms. The smallest absolute Gasteiger partial charge is 0.162 e. The lowest BCUT2D eigenvalue weighted by Crippen LogP contribution is -2.09. The lowest BCUT2D eigenvalue weighted by Gasteiger charge is -2.12. The van der Waals surface area contributed by atoms with Crippen LogP contribution in [0.25, 0.3) is 0 Å². The number of methoxy groups -OCH3 is 1. The van der Waals surface area contributed by atoms with Gasteiger partial charge >= 0.3 is 0 Å². The van der Waals surface area contributed by atoms with Gasteiger partial charge in [-0.15, -0.1) is 0 Å². The summed E-state index contributed by atoms with van der Waals surface area (Å²) in [6.07, 6.45) is 0. The van der Waals surface area contributed by atoms with Crippen LogP contribution in [-0.2, 0) is 0 Å². The minimum Gasteiger partial charge on any atom is -0.493 e. The highest BCUT2D eigenvalue weighted by atomic mass is 16.5. The van der Waals surface area contributed by atoms with Crippen molar-refractivity contribution in [1.82, 2.24) is 0 Å². The van der Waals surface area contributed by atoms with Crippen LogP contribution in [0, 0.1) is 25.2 Å². The van der Waals surface area contributed by atoms with Crippen molar-refractivity contribution in [3.8, 4) is 23.3 Å². The predicted molar refractivity (Wildman–Crippen MR) is 84.6 cm³/mol. The van der Waals surface area contributed by atoms with Crippen molar-refractivity contribution in [2.24, 2.45) is 0 Å². The van der Waals surface area contributed by atoms with Crippen LogP contribution >= 0.6 is 0 Å². The second-order valence-corrected chi connectivity index (χ2v) is 5.00. The fourth-order valence-corrected chi connectivity index (χ4v) is 2.19. The number of aryl methyl sites for hydroxylation is 2. The molecule has 0 fully saturated rings. The standard InChI is InChI=1S/C18H19NO3/c1-13-8-14(2)10-16(9-13)21-6-7-22-18-11-15(12-19)4-5-17(18)20-3/h4-5,8-11H,6-7H2,1-3H3. The predicted octanol–water partition coefficient (Wildman–Crippen LogP) is 3.64. The summed E-state index contributed by atoms with van der Waals surface area (Å²) in [5, 5.41) is 8.93. The van der Waals surface area contributed by atoms with Crippen LogP contribution in [0.1, 0.15) is 16.7 Å². The van der Waals surface area contributed by atoms with Gasteiger partial charge in [0.25, 0.3) is 0 Å². The van der Waals surface area contributed by atoms with Crippen molar-refractivity contribution in [3.05, 3.63) is 53.1 Å². The van der Waals surface area contributed by atoms with Crippen molar-refractivity contribution in [1.29, 1.82) is 5.26 Å². The van der Waals surface area contributed by atoms with Gasteiger partial charge in [0.2, 0.25) is 0 Å². The van der Waals surface area contributed by atoms with E-state index in [4.69, 9.17) is 19.5 Å². The summed E-state index contributed by atoms with van der Waals surface area (Å²) < 4.78 is 16.6. The largest absolute Gasteiger partial charge is 0.493 e. The van der Waals surface area contributed by atoms with Crippen molar-refractivity contribution in [3.63, 3.8) is 0 Å². The Balaban J connectivity index is 1.92. The highest BCUT2D eigenvalue weighted by Crippen LogP contribution is 2.27. The van der Waals surface area contributed by atoms with Crippen LogP contribution in [0.5, 0.6) is 17.2 Å².